The van der Waals surface area contributed by atoms with E-state index in [4.69, 9.17) is 15.2 Å². The Kier molecular flexibility index (Phi) is 8.17. The topological polar surface area (TPSA) is 108 Å². The van der Waals surface area contributed by atoms with E-state index >= 15 is 0 Å². The largest absolute Gasteiger partial charge is 0.493 e. The standard InChI is InChI=1S/C17H26N2O5S.ClH/c1-23-14-6-5-13(11-15(14)24-2)25(21,22)10-7-16(20)19-17(12-18)8-3-4-9-17;/h5-6,11H,3-4,7-10,12,18H2,1-2H3,(H,19,20);1H. The quantitative estimate of drug-likeness (QED) is 0.680. The lowest BCUT2D eigenvalue weighted by Crippen LogP contribution is -2.51. The molecule has 0 aromatic heterocycles. The Morgan fingerprint density at radius 3 is 2.35 bits per heavy atom. The Bertz CT molecular complexity index is 718. The third-order valence-corrected chi connectivity index (χ3v) is 6.38. The Morgan fingerprint density at radius 1 is 1.19 bits per heavy atom. The summed E-state index contributed by atoms with van der Waals surface area (Å²) in [5.74, 6) is 0.234. The minimum absolute atomic E-state index is 0. The summed E-state index contributed by atoms with van der Waals surface area (Å²) in [4.78, 5) is 12.3. The summed E-state index contributed by atoms with van der Waals surface area (Å²) < 4.78 is 35.2. The van der Waals surface area contributed by atoms with E-state index in [1.807, 2.05) is 0 Å². The van der Waals surface area contributed by atoms with Crippen LogP contribution in [0.15, 0.2) is 23.1 Å². The first-order valence-corrected chi connectivity index (χ1v) is 9.97. The average Bonchev–Trinajstić information content (AvgIpc) is 3.08. The van der Waals surface area contributed by atoms with Crippen LogP contribution in [0.3, 0.4) is 0 Å². The van der Waals surface area contributed by atoms with Crippen molar-refractivity contribution < 1.29 is 22.7 Å². The molecule has 2 rings (SSSR count). The minimum Gasteiger partial charge on any atom is -0.493 e. The first kappa shape index (κ1) is 22.5. The van der Waals surface area contributed by atoms with Crippen molar-refractivity contribution in [1.82, 2.24) is 5.32 Å². The highest BCUT2D eigenvalue weighted by molar-refractivity contribution is 7.91. The highest BCUT2D eigenvalue weighted by atomic mass is 35.5. The summed E-state index contributed by atoms with van der Waals surface area (Å²) in [6, 6.07) is 4.39. The van der Waals surface area contributed by atoms with Crippen LogP contribution in [0.5, 0.6) is 11.5 Å². The summed E-state index contributed by atoms with van der Waals surface area (Å²) in [5, 5.41) is 2.93. The molecule has 7 nitrogen and oxygen atoms in total. The molecule has 1 aliphatic rings. The third-order valence-electron chi connectivity index (χ3n) is 4.67. The molecule has 1 aromatic carbocycles. The first-order chi connectivity index (χ1) is 11.9. The number of nitrogens with two attached hydrogens (primary N) is 1. The summed E-state index contributed by atoms with van der Waals surface area (Å²) in [7, 11) is -0.682. The molecule has 0 bridgehead atoms. The highest BCUT2D eigenvalue weighted by Gasteiger charge is 2.34. The summed E-state index contributed by atoms with van der Waals surface area (Å²) in [6.07, 6.45) is 3.65. The van der Waals surface area contributed by atoms with Gasteiger partial charge in [-0.05, 0) is 25.0 Å². The molecule has 0 heterocycles. The predicted octanol–water partition coefficient (Wildman–Crippen LogP) is 1.68. The fourth-order valence-corrected chi connectivity index (χ4v) is 4.40. The number of carbonyl (C=O) groups excluding carboxylic acids is 1. The zero-order valence-corrected chi connectivity index (χ0v) is 16.7. The number of rotatable bonds is 8. The van der Waals surface area contributed by atoms with Crippen molar-refractivity contribution >= 4 is 28.2 Å². The van der Waals surface area contributed by atoms with E-state index in [1.54, 1.807) is 0 Å². The van der Waals surface area contributed by atoms with Crippen LogP contribution in [-0.2, 0) is 14.6 Å². The molecule has 9 heteroatoms. The molecule has 0 aliphatic heterocycles. The summed E-state index contributed by atoms with van der Waals surface area (Å²) in [5.41, 5.74) is 5.42. The van der Waals surface area contributed by atoms with E-state index < -0.39 is 9.84 Å². The van der Waals surface area contributed by atoms with Crippen LogP contribution < -0.4 is 20.5 Å². The zero-order chi connectivity index (χ0) is 18.5. The Labute approximate surface area is 160 Å². The van der Waals surface area contributed by atoms with Gasteiger partial charge in [-0.1, -0.05) is 12.8 Å². The van der Waals surface area contributed by atoms with E-state index in [-0.39, 0.29) is 40.9 Å². The van der Waals surface area contributed by atoms with Gasteiger partial charge in [-0.15, -0.1) is 12.4 Å². The average molecular weight is 407 g/mol. The number of hydrogen-bond donors (Lipinski definition) is 2. The molecule has 1 aliphatic carbocycles. The van der Waals surface area contributed by atoms with Gasteiger partial charge in [-0.25, -0.2) is 8.42 Å². The lowest BCUT2D eigenvalue weighted by atomic mass is 9.98. The number of amides is 1. The number of methoxy groups -OCH3 is 2. The van der Waals surface area contributed by atoms with Crippen molar-refractivity contribution in [3.05, 3.63) is 18.2 Å². The number of carbonyl (C=O) groups is 1. The maximum absolute atomic E-state index is 12.5. The van der Waals surface area contributed by atoms with E-state index in [9.17, 15) is 13.2 Å². The molecule has 3 N–H and O–H groups in total. The lowest BCUT2D eigenvalue weighted by molar-refractivity contribution is -0.122. The van der Waals surface area contributed by atoms with Crippen LogP contribution in [0.2, 0.25) is 0 Å². The molecule has 0 radical (unpaired) electrons. The Balaban J connectivity index is 0.00000338. The van der Waals surface area contributed by atoms with E-state index in [0.717, 1.165) is 25.7 Å². The lowest BCUT2D eigenvalue weighted by Gasteiger charge is -2.28. The van der Waals surface area contributed by atoms with E-state index in [1.165, 1.54) is 32.4 Å². The van der Waals surface area contributed by atoms with Gasteiger partial charge in [0.1, 0.15) is 0 Å². The van der Waals surface area contributed by atoms with Crippen molar-refractivity contribution in [3.63, 3.8) is 0 Å². The predicted molar refractivity (Wildman–Crippen MR) is 102 cm³/mol. The maximum Gasteiger partial charge on any atom is 0.221 e. The third kappa shape index (κ3) is 5.25. The summed E-state index contributed by atoms with van der Waals surface area (Å²) >= 11 is 0. The van der Waals surface area contributed by atoms with Gasteiger partial charge < -0.3 is 20.5 Å². The number of halogens is 1. The van der Waals surface area contributed by atoms with Gasteiger partial charge in [0, 0.05) is 19.0 Å². The molecule has 1 aromatic rings. The van der Waals surface area contributed by atoms with Crippen molar-refractivity contribution in [2.24, 2.45) is 5.73 Å². The smallest absolute Gasteiger partial charge is 0.221 e. The molecule has 0 unspecified atom stereocenters. The molecule has 1 amide bonds. The van der Waals surface area contributed by atoms with Crippen LogP contribution in [0, 0.1) is 0 Å². The number of sulfone groups is 1. The second kappa shape index (κ2) is 9.43. The number of hydrogen-bond acceptors (Lipinski definition) is 6. The van der Waals surface area contributed by atoms with Crippen LogP contribution in [0.1, 0.15) is 32.1 Å². The molecule has 1 fully saturated rings. The summed E-state index contributed by atoms with van der Waals surface area (Å²) in [6.45, 7) is 0.376. The van der Waals surface area contributed by atoms with E-state index in [0.29, 0.717) is 18.0 Å². The van der Waals surface area contributed by atoms with Crippen LogP contribution >= 0.6 is 12.4 Å². The van der Waals surface area contributed by atoms with Gasteiger partial charge in [0.15, 0.2) is 21.3 Å². The van der Waals surface area contributed by atoms with Gasteiger partial charge in [0.25, 0.3) is 0 Å². The van der Waals surface area contributed by atoms with Gasteiger partial charge in [0.05, 0.1) is 30.4 Å². The zero-order valence-electron chi connectivity index (χ0n) is 15.1. The van der Waals surface area contributed by atoms with Crippen LogP contribution in [0.25, 0.3) is 0 Å². The molecule has 1 saturated carbocycles. The number of ether oxygens (including phenoxy) is 2. The fourth-order valence-electron chi connectivity index (χ4n) is 3.15. The van der Waals surface area contributed by atoms with Crippen LogP contribution in [-0.4, -0.2) is 46.4 Å². The van der Waals surface area contributed by atoms with Gasteiger partial charge in [-0.2, -0.15) is 0 Å². The van der Waals surface area contributed by atoms with Crippen molar-refractivity contribution in [3.8, 4) is 11.5 Å². The molecule has 0 saturated heterocycles. The van der Waals surface area contributed by atoms with Crippen molar-refractivity contribution in [1.29, 1.82) is 0 Å². The second-order valence-corrected chi connectivity index (χ2v) is 8.43. The Hall–Kier alpha value is -1.51. The molecule has 0 atom stereocenters. The monoisotopic (exact) mass is 406 g/mol. The molecular weight excluding hydrogens is 380 g/mol. The Morgan fingerprint density at radius 2 is 1.81 bits per heavy atom. The first-order valence-electron chi connectivity index (χ1n) is 8.32. The normalized spacial score (nSPS) is 15.8. The maximum atomic E-state index is 12.5. The second-order valence-electron chi connectivity index (χ2n) is 6.33. The minimum atomic E-state index is -3.60. The van der Waals surface area contributed by atoms with E-state index in [2.05, 4.69) is 5.32 Å². The molecule has 26 heavy (non-hydrogen) atoms. The number of benzene rings is 1. The van der Waals surface area contributed by atoms with Crippen molar-refractivity contribution in [2.45, 2.75) is 42.5 Å². The highest BCUT2D eigenvalue weighted by Crippen LogP contribution is 2.30. The van der Waals surface area contributed by atoms with Gasteiger partial charge in [0.2, 0.25) is 5.91 Å². The fraction of sp³-hybridized carbons (Fsp3) is 0.588. The van der Waals surface area contributed by atoms with Crippen molar-refractivity contribution in [2.75, 3.05) is 26.5 Å². The molecular formula is C17H27ClN2O5S. The van der Waals surface area contributed by atoms with Crippen LogP contribution in [0.4, 0.5) is 0 Å². The van der Waals surface area contributed by atoms with Gasteiger partial charge in [-0.3, -0.25) is 4.79 Å². The SMILES string of the molecule is COc1ccc(S(=O)(=O)CCC(=O)NC2(CN)CCCC2)cc1OC.Cl. The molecule has 0 spiro atoms. The molecule has 148 valence electrons. The van der Waals surface area contributed by atoms with Gasteiger partial charge >= 0.3 is 0 Å². The number of nitrogens with one attached hydrogen (secondary N) is 1.